The van der Waals surface area contributed by atoms with Crippen LogP contribution in [0.4, 0.5) is 4.39 Å². The van der Waals surface area contributed by atoms with Crippen LogP contribution in [0.15, 0.2) is 48.5 Å². The van der Waals surface area contributed by atoms with Crippen molar-refractivity contribution in [3.8, 4) is 11.3 Å². The number of ether oxygens (including phenoxy) is 1. The average molecular weight is 395 g/mol. The topological polar surface area (TPSA) is 63.6 Å². The number of Topliss-reactive ketones (excluding diaryl/α,β-unsaturated/α-hetero) is 1. The van der Waals surface area contributed by atoms with Gasteiger partial charge in [0.25, 0.3) is 0 Å². The number of para-hydroxylation sites is 1. The Balaban J connectivity index is 1.60. The van der Waals surface area contributed by atoms with Crippen LogP contribution in [0.25, 0.3) is 22.2 Å². The zero-order valence-corrected chi connectivity index (χ0v) is 16.3. The summed E-state index contributed by atoms with van der Waals surface area (Å²) in [5.74, 6) is -0.490. The second kappa shape index (κ2) is 8.17. The average Bonchev–Trinajstić information content (AvgIpc) is 3.14. The van der Waals surface area contributed by atoms with E-state index in [4.69, 9.17) is 4.74 Å². The van der Waals surface area contributed by atoms with Gasteiger partial charge in [0.2, 0.25) is 5.78 Å². The van der Waals surface area contributed by atoms with E-state index in [1.807, 2.05) is 24.3 Å². The SMILES string of the molecule is COC(=O)C1CC[NH+](CC(=O)c2c(-c3ccc(F)cc3)[nH]c3ccccc23)CC1. The fourth-order valence-electron chi connectivity index (χ4n) is 4.19. The van der Waals surface area contributed by atoms with Crippen LogP contribution in [0.2, 0.25) is 0 Å². The molecule has 1 fully saturated rings. The first kappa shape index (κ1) is 19.3. The maximum absolute atomic E-state index is 13.4. The number of quaternary nitrogens is 1. The second-order valence-corrected chi connectivity index (χ2v) is 7.57. The number of esters is 1. The standard InChI is InChI=1S/C23H23FN2O3/c1-29-23(28)16-10-12-26(13-11-16)14-20(27)21-18-4-2-3-5-19(18)25-22(21)15-6-8-17(24)9-7-15/h2-9,16,25H,10-14H2,1H3/p+1. The van der Waals surface area contributed by atoms with Crippen molar-refractivity contribution in [2.24, 2.45) is 5.92 Å². The summed E-state index contributed by atoms with van der Waals surface area (Å²) >= 11 is 0. The Hall–Kier alpha value is -2.99. The number of H-pyrrole nitrogens is 1. The third kappa shape index (κ3) is 3.93. The molecule has 0 radical (unpaired) electrons. The van der Waals surface area contributed by atoms with Crippen LogP contribution in [0.1, 0.15) is 23.2 Å². The van der Waals surface area contributed by atoms with E-state index in [1.54, 1.807) is 12.1 Å². The number of carbonyl (C=O) groups is 2. The summed E-state index contributed by atoms with van der Waals surface area (Å²) in [6.45, 7) is 1.89. The van der Waals surface area contributed by atoms with Crippen molar-refractivity contribution in [3.63, 3.8) is 0 Å². The molecule has 0 bridgehead atoms. The molecular formula is C23H24FN2O3+. The molecule has 150 valence electrons. The summed E-state index contributed by atoms with van der Waals surface area (Å²) in [6.07, 6.45) is 1.46. The lowest BCUT2D eigenvalue weighted by Gasteiger charge is -2.27. The van der Waals surface area contributed by atoms with Crippen LogP contribution < -0.4 is 4.90 Å². The molecule has 1 aliphatic rings. The lowest BCUT2D eigenvalue weighted by atomic mass is 9.96. The minimum atomic E-state index is -0.310. The molecule has 3 aromatic rings. The Labute approximate surface area is 168 Å². The van der Waals surface area contributed by atoms with Crippen molar-refractivity contribution in [1.82, 2.24) is 4.98 Å². The number of aromatic nitrogens is 1. The molecule has 0 atom stereocenters. The van der Waals surface area contributed by atoms with Crippen molar-refractivity contribution >= 4 is 22.7 Å². The van der Waals surface area contributed by atoms with Crippen LogP contribution in [-0.2, 0) is 9.53 Å². The zero-order chi connectivity index (χ0) is 20.4. The van der Waals surface area contributed by atoms with Crippen LogP contribution in [0, 0.1) is 11.7 Å². The largest absolute Gasteiger partial charge is 0.469 e. The summed E-state index contributed by atoms with van der Waals surface area (Å²) in [5, 5.41) is 0.876. The van der Waals surface area contributed by atoms with Crippen molar-refractivity contribution in [3.05, 3.63) is 59.9 Å². The minimum Gasteiger partial charge on any atom is -0.469 e. The number of halogens is 1. The minimum absolute atomic E-state index is 0.0493. The van der Waals surface area contributed by atoms with Crippen LogP contribution in [0.3, 0.4) is 0 Å². The predicted octanol–water partition coefficient (Wildman–Crippen LogP) is 2.62. The maximum atomic E-state index is 13.4. The zero-order valence-electron chi connectivity index (χ0n) is 16.3. The molecule has 6 heteroatoms. The Morgan fingerprint density at radius 1 is 1.10 bits per heavy atom. The molecule has 0 unspecified atom stereocenters. The maximum Gasteiger partial charge on any atom is 0.309 e. The molecule has 4 rings (SSSR count). The highest BCUT2D eigenvalue weighted by molar-refractivity contribution is 6.13. The number of benzene rings is 2. The van der Waals surface area contributed by atoms with Gasteiger partial charge in [-0.3, -0.25) is 9.59 Å². The van der Waals surface area contributed by atoms with Crippen molar-refractivity contribution in [1.29, 1.82) is 0 Å². The van der Waals surface area contributed by atoms with Crippen LogP contribution in [-0.4, -0.2) is 43.5 Å². The lowest BCUT2D eigenvalue weighted by Crippen LogP contribution is -3.14. The second-order valence-electron chi connectivity index (χ2n) is 7.57. The Kier molecular flexibility index (Phi) is 5.45. The Bertz CT molecular complexity index is 1030. The number of likely N-dealkylation sites (tertiary alicyclic amines) is 1. The van der Waals surface area contributed by atoms with Gasteiger partial charge in [-0.25, -0.2) is 4.39 Å². The highest BCUT2D eigenvalue weighted by Crippen LogP contribution is 2.30. The summed E-state index contributed by atoms with van der Waals surface area (Å²) in [7, 11) is 1.42. The van der Waals surface area contributed by atoms with Gasteiger partial charge in [-0.15, -0.1) is 0 Å². The normalized spacial score (nSPS) is 19.2. The quantitative estimate of drug-likeness (QED) is 0.516. The monoisotopic (exact) mass is 395 g/mol. The molecule has 0 saturated carbocycles. The molecule has 0 spiro atoms. The summed E-state index contributed by atoms with van der Waals surface area (Å²) in [5.41, 5.74) is 3.04. The highest BCUT2D eigenvalue weighted by Gasteiger charge is 2.30. The summed E-state index contributed by atoms with van der Waals surface area (Å²) in [4.78, 5) is 29.5. The molecular weight excluding hydrogens is 371 g/mol. The number of piperidine rings is 1. The van der Waals surface area contributed by atoms with Gasteiger partial charge in [0.05, 0.1) is 37.4 Å². The van der Waals surface area contributed by atoms with Crippen LogP contribution >= 0.6 is 0 Å². The van der Waals surface area contributed by atoms with Crippen LogP contribution in [0.5, 0.6) is 0 Å². The number of nitrogens with one attached hydrogen (secondary N) is 2. The van der Waals surface area contributed by atoms with E-state index in [0.29, 0.717) is 12.1 Å². The first-order chi connectivity index (χ1) is 14.1. The third-order valence-electron chi connectivity index (χ3n) is 5.76. The number of fused-ring (bicyclic) bond motifs is 1. The Morgan fingerprint density at radius 2 is 1.79 bits per heavy atom. The van der Waals surface area contributed by atoms with Gasteiger partial charge in [-0.05, 0) is 35.9 Å². The first-order valence-electron chi connectivity index (χ1n) is 9.88. The highest BCUT2D eigenvalue weighted by atomic mass is 19.1. The number of hydrogen-bond donors (Lipinski definition) is 2. The van der Waals surface area contributed by atoms with E-state index in [9.17, 15) is 14.0 Å². The molecule has 29 heavy (non-hydrogen) atoms. The van der Waals surface area contributed by atoms with E-state index in [0.717, 1.165) is 48.1 Å². The molecule has 2 aromatic carbocycles. The van der Waals surface area contributed by atoms with Crippen molar-refractivity contribution < 1.29 is 23.6 Å². The number of hydrogen-bond acceptors (Lipinski definition) is 3. The van der Waals surface area contributed by atoms with Gasteiger partial charge in [-0.1, -0.05) is 18.2 Å². The first-order valence-corrected chi connectivity index (χ1v) is 9.88. The van der Waals surface area contributed by atoms with Gasteiger partial charge in [0, 0.05) is 23.7 Å². The number of methoxy groups -OCH3 is 1. The lowest BCUT2D eigenvalue weighted by molar-refractivity contribution is -0.897. The molecule has 2 N–H and O–H groups in total. The van der Waals surface area contributed by atoms with E-state index in [2.05, 4.69) is 4.98 Å². The van der Waals surface area contributed by atoms with Gasteiger partial charge < -0.3 is 14.6 Å². The fourth-order valence-corrected chi connectivity index (χ4v) is 4.19. The number of rotatable bonds is 5. The number of ketones is 1. The molecule has 2 heterocycles. The predicted molar refractivity (Wildman–Crippen MR) is 108 cm³/mol. The van der Waals surface area contributed by atoms with Gasteiger partial charge in [0.1, 0.15) is 12.4 Å². The van der Waals surface area contributed by atoms with Gasteiger partial charge in [0.15, 0.2) is 0 Å². The molecule has 0 aliphatic carbocycles. The van der Waals surface area contributed by atoms with Crippen molar-refractivity contribution in [2.45, 2.75) is 12.8 Å². The molecule has 5 nitrogen and oxygen atoms in total. The van der Waals surface area contributed by atoms with Gasteiger partial charge >= 0.3 is 5.97 Å². The number of aromatic amines is 1. The molecule has 1 saturated heterocycles. The fraction of sp³-hybridized carbons (Fsp3) is 0.304. The van der Waals surface area contributed by atoms with E-state index < -0.39 is 0 Å². The number of carbonyl (C=O) groups excluding carboxylic acids is 2. The molecule has 0 amide bonds. The smallest absolute Gasteiger partial charge is 0.309 e. The summed E-state index contributed by atoms with van der Waals surface area (Å²) < 4.78 is 18.2. The van der Waals surface area contributed by atoms with E-state index >= 15 is 0 Å². The molecule has 1 aliphatic heterocycles. The van der Waals surface area contributed by atoms with Crippen molar-refractivity contribution in [2.75, 3.05) is 26.7 Å². The van der Waals surface area contributed by atoms with E-state index in [1.165, 1.54) is 24.1 Å². The Morgan fingerprint density at radius 3 is 2.48 bits per heavy atom. The third-order valence-corrected chi connectivity index (χ3v) is 5.76. The summed E-state index contributed by atoms with van der Waals surface area (Å²) in [6, 6.07) is 13.9. The van der Waals surface area contributed by atoms with Gasteiger partial charge in [-0.2, -0.15) is 0 Å². The molecule has 1 aromatic heterocycles. The van der Waals surface area contributed by atoms with E-state index in [-0.39, 0.29) is 23.5 Å².